The van der Waals surface area contributed by atoms with Crippen LogP contribution in [0, 0.1) is 0 Å². The van der Waals surface area contributed by atoms with Crippen molar-refractivity contribution in [1.29, 1.82) is 0 Å². The summed E-state index contributed by atoms with van der Waals surface area (Å²) < 4.78 is 5.28. The van der Waals surface area contributed by atoms with E-state index in [9.17, 15) is 14.7 Å². The van der Waals surface area contributed by atoms with Crippen molar-refractivity contribution >= 4 is 17.7 Å². The Kier molecular flexibility index (Phi) is 9.91. The van der Waals surface area contributed by atoms with Gasteiger partial charge in [0.25, 0.3) is 0 Å². The molecule has 1 aliphatic carbocycles. The summed E-state index contributed by atoms with van der Waals surface area (Å²) >= 11 is 0. The number of benzene rings is 1. The molecule has 37 heavy (non-hydrogen) atoms. The lowest BCUT2D eigenvalue weighted by molar-refractivity contribution is -0.142. The van der Waals surface area contributed by atoms with E-state index >= 15 is 0 Å². The number of aliphatic carboxylic acids is 1. The predicted molar refractivity (Wildman–Crippen MR) is 144 cm³/mol. The van der Waals surface area contributed by atoms with Crippen molar-refractivity contribution in [1.82, 2.24) is 15.2 Å². The number of carbonyl (C=O) groups is 2. The van der Waals surface area contributed by atoms with Gasteiger partial charge in [-0.1, -0.05) is 30.3 Å². The molecule has 1 aromatic heterocycles. The van der Waals surface area contributed by atoms with Crippen molar-refractivity contribution in [2.75, 3.05) is 45.2 Å². The number of nitrogens with one attached hydrogen (secondary N) is 2. The predicted octanol–water partition coefficient (Wildman–Crippen LogP) is 3.40. The zero-order valence-corrected chi connectivity index (χ0v) is 21.9. The van der Waals surface area contributed by atoms with Gasteiger partial charge in [-0.2, -0.15) is 0 Å². The van der Waals surface area contributed by atoms with Crippen LogP contribution in [0.3, 0.4) is 0 Å². The van der Waals surface area contributed by atoms with Gasteiger partial charge in [0.1, 0.15) is 11.9 Å². The number of fused-ring (bicyclic) bond motifs is 2. The van der Waals surface area contributed by atoms with Gasteiger partial charge in [-0.25, -0.2) is 9.78 Å². The van der Waals surface area contributed by atoms with Crippen LogP contribution in [0.2, 0.25) is 0 Å². The Morgan fingerprint density at radius 1 is 1.14 bits per heavy atom. The smallest absolute Gasteiger partial charge is 0.326 e. The molecule has 4 rings (SSSR count). The van der Waals surface area contributed by atoms with E-state index in [0.29, 0.717) is 19.6 Å². The number of amides is 1. The van der Waals surface area contributed by atoms with Crippen LogP contribution in [0.5, 0.6) is 0 Å². The van der Waals surface area contributed by atoms with Gasteiger partial charge in [-0.05, 0) is 80.7 Å². The number of carbonyl (C=O) groups excluding carboxylic acids is 1. The average Bonchev–Trinajstić information content (AvgIpc) is 3.35. The van der Waals surface area contributed by atoms with Crippen molar-refractivity contribution < 1.29 is 19.4 Å². The number of carboxylic acids is 1. The molecule has 0 radical (unpaired) electrons. The second kappa shape index (κ2) is 13.5. The maximum Gasteiger partial charge on any atom is 0.326 e. The quantitative estimate of drug-likeness (QED) is 0.336. The molecule has 0 spiro atoms. The number of unbranched alkanes of at least 4 members (excludes halogenated alkanes) is 1. The fourth-order valence-corrected chi connectivity index (χ4v) is 5.38. The van der Waals surface area contributed by atoms with Crippen LogP contribution in [0.1, 0.15) is 60.4 Å². The summed E-state index contributed by atoms with van der Waals surface area (Å²) in [5, 5.41) is 16.0. The van der Waals surface area contributed by atoms with Gasteiger partial charge < -0.3 is 25.4 Å². The summed E-state index contributed by atoms with van der Waals surface area (Å²) in [5.74, 6) is -0.408. The van der Waals surface area contributed by atoms with E-state index in [-0.39, 0.29) is 11.8 Å². The molecular formula is C29H40N4O4. The van der Waals surface area contributed by atoms with Crippen LogP contribution in [-0.2, 0) is 33.6 Å². The highest BCUT2D eigenvalue weighted by atomic mass is 16.5. The van der Waals surface area contributed by atoms with Gasteiger partial charge in [0.15, 0.2) is 0 Å². The highest BCUT2D eigenvalue weighted by molar-refractivity contribution is 5.89. The zero-order valence-electron chi connectivity index (χ0n) is 21.9. The second-order valence-electron chi connectivity index (χ2n) is 10.1. The van der Waals surface area contributed by atoms with Crippen LogP contribution >= 0.6 is 0 Å². The normalized spacial score (nSPS) is 17.1. The average molecular weight is 509 g/mol. The summed E-state index contributed by atoms with van der Waals surface area (Å²) in [6.07, 6.45) is 7.11. The molecule has 0 bridgehead atoms. The fourth-order valence-electron chi connectivity index (χ4n) is 5.38. The van der Waals surface area contributed by atoms with Gasteiger partial charge in [0.2, 0.25) is 5.91 Å². The Labute approximate surface area is 219 Å². The summed E-state index contributed by atoms with van der Waals surface area (Å²) in [6.45, 7) is 3.74. The topological polar surface area (TPSA) is 104 Å². The molecule has 1 amide bonds. The molecule has 0 saturated carbocycles. The molecule has 2 aliphatic rings. The SMILES string of the molecule is COCCN(CCCCc1ccc2c(n1)NCCC2)CCC(NC(=O)C1CCc2ccccc21)C(=O)O. The number of hydrogen-bond acceptors (Lipinski definition) is 6. The van der Waals surface area contributed by atoms with Gasteiger partial charge >= 0.3 is 5.97 Å². The third-order valence-electron chi connectivity index (χ3n) is 7.52. The van der Waals surface area contributed by atoms with E-state index in [1.165, 1.54) is 11.1 Å². The summed E-state index contributed by atoms with van der Waals surface area (Å²) in [5.41, 5.74) is 4.62. The van der Waals surface area contributed by atoms with Gasteiger partial charge in [0.05, 0.1) is 12.5 Å². The number of rotatable bonds is 14. The molecular weight excluding hydrogens is 468 g/mol. The minimum absolute atomic E-state index is 0.187. The first-order chi connectivity index (χ1) is 18.0. The number of aromatic nitrogens is 1. The Balaban J connectivity index is 1.25. The Morgan fingerprint density at radius 3 is 2.84 bits per heavy atom. The number of aryl methyl sites for hydroxylation is 3. The molecule has 0 fully saturated rings. The van der Waals surface area contributed by atoms with E-state index in [0.717, 1.165) is 81.7 Å². The first-order valence-electron chi connectivity index (χ1n) is 13.6. The number of nitrogens with zero attached hydrogens (tertiary/aromatic N) is 2. The van der Waals surface area contributed by atoms with Crippen molar-refractivity contribution in [3.8, 4) is 0 Å². The van der Waals surface area contributed by atoms with Crippen LogP contribution < -0.4 is 10.6 Å². The maximum absolute atomic E-state index is 13.0. The van der Waals surface area contributed by atoms with Crippen molar-refractivity contribution in [3.05, 3.63) is 58.8 Å². The number of anilines is 1. The molecule has 1 aliphatic heterocycles. The maximum atomic E-state index is 13.0. The minimum atomic E-state index is -0.988. The lowest BCUT2D eigenvalue weighted by atomic mass is 10.00. The monoisotopic (exact) mass is 508 g/mol. The molecule has 1 aromatic carbocycles. The van der Waals surface area contributed by atoms with Gasteiger partial charge in [-0.15, -0.1) is 0 Å². The summed E-state index contributed by atoms with van der Waals surface area (Å²) in [7, 11) is 1.67. The fraction of sp³-hybridized carbons (Fsp3) is 0.552. The molecule has 2 atom stereocenters. The molecule has 3 N–H and O–H groups in total. The Hall–Kier alpha value is -2.97. The highest BCUT2D eigenvalue weighted by Gasteiger charge is 2.31. The number of methoxy groups -OCH3 is 1. The van der Waals surface area contributed by atoms with Gasteiger partial charge in [0, 0.05) is 32.4 Å². The third kappa shape index (κ3) is 7.52. The second-order valence-corrected chi connectivity index (χ2v) is 10.1. The molecule has 8 nitrogen and oxygen atoms in total. The molecule has 200 valence electrons. The molecule has 2 heterocycles. The van der Waals surface area contributed by atoms with E-state index in [4.69, 9.17) is 9.72 Å². The standard InChI is InChI=1S/C29H40N4O4/c1-37-20-19-33(17-5-4-9-23-13-11-22-8-6-16-30-27(22)31-23)18-15-26(29(35)36)32-28(34)25-14-12-21-7-2-3-10-24(21)25/h2-3,7,10-11,13,25-26H,4-6,8-9,12,14-20H2,1H3,(H,30,31)(H,32,34)(H,35,36). The van der Waals surface area contributed by atoms with Gasteiger partial charge in [-0.3, -0.25) is 4.79 Å². The minimum Gasteiger partial charge on any atom is -0.480 e. The van der Waals surface area contributed by atoms with Crippen molar-refractivity contribution in [2.24, 2.45) is 0 Å². The Morgan fingerprint density at radius 2 is 2.00 bits per heavy atom. The van der Waals surface area contributed by atoms with Crippen molar-refractivity contribution in [2.45, 2.75) is 63.3 Å². The Bertz CT molecular complexity index is 1060. The van der Waals surface area contributed by atoms with Crippen LogP contribution in [0.15, 0.2) is 36.4 Å². The number of carboxylic acid groups (broad SMARTS) is 1. The molecule has 8 heteroatoms. The summed E-state index contributed by atoms with van der Waals surface area (Å²) in [6, 6.07) is 11.4. The van der Waals surface area contributed by atoms with Crippen LogP contribution in [-0.4, -0.2) is 72.8 Å². The van der Waals surface area contributed by atoms with Crippen LogP contribution in [0.25, 0.3) is 0 Å². The van der Waals surface area contributed by atoms with E-state index in [2.05, 4.69) is 27.7 Å². The zero-order chi connectivity index (χ0) is 26.0. The first kappa shape index (κ1) is 27.1. The van der Waals surface area contributed by atoms with Crippen molar-refractivity contribution in [3.63, 3.8) is 0 Å². The highest BCUT2D eigenvalue weighted by Crippen LogP contribution is 2.33. The molecule has 0 saturated heterocycles. The van der Waals surface area contributed by atoms with E-state index in [1.54, 1.807) is 7.11 Å². The third-order valence-corrected chi connectivity index (χ3v) is 7.52. The lowest BCUT2D eigenvalue weighted by Gasteiger charge is -2.25. The largest absolute Gasteiger partial charge is 0.480 e. The first-order valence-corrected chi connectivity index (χ1v) is 13.6. The van der Waals surface area contributed by atoms with Crippen LogP contribution in [0.4, 0.5) is 5.82 Å². The van der Waals surface area contributed by atoms with E-state index in [1.807, 2.05) is 24.3 Å². The summed E-state index contributed by atoms with van der Waals surface area (Å²) in [4.78, 5) is 31.9. The number of hydrogen-bond donors (Lipinski definition) is 3. The number of pyridine rings is 1. The number of ether oxygens (including phenoxy) is 1. The van der Waals surface area contributed by atoms with E-state index < -0.39 is 12.0 Å². The molecule has 2 aromatic rings. The molecule has 2 unspecified atom stereocenters. The lowest BCUT2D eigenvalue weighted by Crippen LogP contribution is -2.45.